The van der Waals surface area contributed by atoms with Crippen LogP contribution >= 0.6 is 11.3 Å². The monoisotopic (exact) mass is 422 g/mol. The Bertz CT molecular complexity index is 1190. The number of nitrogens with zero attached hydrogens (tertiary/aromatic N) is 3. The second-order valence-electron chi connectivity index (χ2n) is 6.82. The maximum absolute atomic E-state index is 9.39. The molecular weight excluding hydrogens is 400 g/mol. The van der Waals surface area contributed by atoms with Gasteiger partial charge in [0.05, 0.1) is 25.8 Å². The number of anilines is 1. The van der Waals surface area contributed by atoms with Crippen molar-refractivity contribution in [2.45, 2.75) is 19.9 Å². The highest BCUT2D eigenvalue weighted by Crippen LogP contribution is 2.36. The Labute approximate surface area is 178 Å². The van der Waals surface area contributed by atoms with Gasteiger partial charge in [-0.2, -0.15) is 0 Å². The van der Waals surface area contributed by atoms with Crippen molar-refractivity contribution in [1.29, 1.82) is 0 Å². The average Bonchev–Trinajstić information content (AvgIpc) is 3.23. The van der Waals surface area contributed by atoms with Crippen LogP contribution in [0.5, 0.6) is 17.4 Å². The summed E-state index contributed by atoms with van der Waals surface area (Å²) in [4.78, 5) is 15.4. The zero-order chi connectivity index (χ0) is 21.3. The highest BCUT2D eigenvalue weighted by atomic mass is 32.1. The summed E-state index contributed by atoms with van der Waals surface area (Å²) >= 11 is 1.67. The summed E-state index contributed by atoms with van der Waals surface area (Å²) in [5, 5.41) is 13.8. The number of benzene rings is 1. The van der Waals surface area contributed by atoms with Gasteiger partial charge in [0, 0.05) is 39.0 Å². The fourth-order valence-corrected chi connectivity index (χ4v) is 4.23. The van der Waals surface area contributed by atoms with E-state index in [-0.39, 0.29) is 11.9 Å². The summed E-state index contributed by atoms with van der Waals surface area (Å²) in [6, 6.07) is 11.4. The number of aromatic nitrogens is 3. The van der Waals surface area contributed by atoms with E-state index < -0.39 is 0 Å². The lowest BCUT2D eigenvalue weighted by molar-refractivity contribution is 0.356. The molecule has 3 heterocycles. The Morgan fingerprint density at radius 2 is 1.80 bits per heavy atom. The SMILES string of the molecule is COc1cc2nc(C)nc(NC(C)c3ccc(-c4ccc(O)nc4)s3)c2cc1OC. The number of nitrogens with one attached hydrogen (secondary N) is 1. The molecule has 8 heteroatoms. The quantitative estimate of drug-likeness (QED) is 0.454. The molecule has 0 spiro atoms. The summed E-state index contributed by atoms with van der Waals surface area (Å²) < 4.78 is 10.9. The summed E-state index contributed by atoms with van der Waals surface area (Å²) in [5.74, 6) is 2.70. The third kappa shape index (κ3) is 3.86. The minimum absolute atomic E-state index is 0.0173. The van der Waals surface area contributed by atoms with Crippen LogP contribution < -0.4 is 14.8 Å². The van der Waals surface area contributed by atoms with Gasteiger partial charge in [-0.05, 0) is 38.1 Å². The van der Waals surface area contributed by atoms with Crippen LogP contribution in [0, 0.1) is 6.92 Å². The first-order valence-electron chi connectivity index (χ1n) is 9.40. The van der Waals surface area contributed by atoms with Crippen LogP contribution in [-0.2, 0) is 0 Å². The van der Waals surface area contributed by atoms with E-state index in [9.17, 15) is 5.11 Å². The van der Waals surface area contributed by atoms with Crippen LogP contribution in [0.3, 0.4) is 0 Å². The highest BCUT2D eigenvalue weighted by molar-refractivity contribution is 7.15. The van der Waals surface area contributed by atoms with E-state index in [1.54, 1.807) is 37.8 Å². The molecule has 1 aromatic carbocycles. The van der Waals surface area contributed by atoms with Crippen molar-refractivity contribution in [3.05, 3.63) is 53.3 Å². The van der Waals surface area contributed by atoms with E-state index in [0.29, 0.717) is 17.3 Å². The number of fused-ring (bicyclic) bond motifs is 1. The molecule has 1 atom stereocenters. The zero-order valence-electron chi connectivity index (χ0n) is 17.1. The number of thiophene rings is 1. The molecule has 0 aliphatic rings. The Balaban J connectivity index is 1.66. The first kappa shape index (κ1) is 19.9. The third-order valence-electron chi connectivity index (χ3n) is 4.75. The topological polar surface area (TPSA) is 89.4 Å². The maximum Gasteiger partial charge on any atom is 0.210 e. The standard InChI is InChI=1S/C22H22N4O3S/c1-12(19-6-7-20(30-19)14-5-8-21(27)23-11-14)24-22-15-9-17(28-3)18(29-4)10-16(15)25-13(2)26-22/h5-12H,1-4H3,(H,23,27)(H,24,25,26). The van der Waals surface area contributed by atoms with Crippen LogP contribution in [0.15, 0.2) is 42.6 Å². The Morgan fingerprint density at radius 1 is 1.03 bits per heavy atom. The van der Waals surface area contributed by atoms with Crippen molar-refractivity contribution in [2.24, 2.45) is 0 Å². The van der Waals surface area contributed by atoms with E-state index >= 15 is 0 Å². The minimum Gasteiger partial charge on any atom is -0.493 e. The number of methoxy groups -OCH3 is 2. The normalized spacial score (nSPS) is 12.0. The molecule has 3 aromatic heterocycles. The Morgan fingerprint density at radius 3 is 2.50 bits per heavy atom. The average molecular weight is 423 g/mol. The van der Waals surface area contributed by atoms with Crippen molar-refractivity contribution >= 4 is 28.1 Å². The van der Waals surface area contributed by atoms with Gasteiger partial charge in [0.25, 0.3) is 0 Å². The predicted octanol–water partition coefficient (Wildman–Crippen LogP) is 4.96. The zero-order valence-corrected chi connectivity index (χ0v) is 17.9. The fourth-order valence-electron chi connectivity index (χ4n) is 3.23. The second-order valence-corrected chi connectivity index (χ2v) is 7.93. The number of aromatic hydroxyl groups is 1. The number of rotatable bonds is 6. The molecule has 154 valence electrons. The molecule has 0 saturated carbocycles. The van der Waals surface area contributed by atoms with E-state index in [1.807, 2.05) is 25.1 Å². The van der Waals surface area contributed by atoms with Gasteiger partial charge in [-0.1, -0.05) is 0 Å². The Kier molecular flexibility index (Phi) is 5.41. The van der Waals surface area contributed by atoms with E-state index in [4.69, 9.17) is 9.47 Å². The largest absolute Gasteiger partial charge is 0.493 e. The number of pyridine rings is 1. The lowest BCUT2D eigenvalue weighted by Gasteiger charge is -2.16. The molecule has 4 rings (SSSR count). The van der Waals surface area contributed by atoms with Gasteiger partial charge in [0.1, 0.15) is 11.6 Å². The van der Waals surface area contributed by atoms with Gasteiger partial charge in [-0.25, -0.2) is 15.0 Å². The van der Waals surface area contributed by atoms with Gasteiger partial charge >= 0.3 is 0 Å². The predicted molar refractivity (Wildman–Crippen MR) is 119 cm³/mol. The highest BCUT2D eigenvalue weighted by Gasteiger charge is 2.16. The van der Waals surface area contributed by atoms with Gasteiger partial charge in [-0.15, -0.1) is 11.3 Å². The van der Waals surface area contributed by atoms with Crippen LogP contribution in [0.2, 0.25) is 0 Å². The van der Waals surface area contributed by atoms with Crippen molar-refractivity contribution in [1.82, 2.24) is 15.0 Å². The number of hydrogen-bond acceptors (Lipinski definition) is 8. The lowest BCUT2D eigenvalue weighted by Crippen LogP contribution is -2.08. The van der Waals surface area contributed by atoms with Crippen molar-refractivity contribution in [3.8, 4) is 27.8 Å². The molecular formula is C22H22N4O3S. The number of hydrogen-bond donors (Lipinski definition) is 2. The minimum atomic E-state index is 0.0173. The van der Waals surface area contributed by atoms with Crippen molar-refractivity contribution < 1.29 is 14.6 Å². The van der Waals surface area contributed by atoms with Gasteiger partial charge in [0.15, 0.2) is 11.5 Å². The van der Waals surface area contributed by atoms with Gasteiger partial charge < -0.3 is 19.9 Å². The fraction of sp³-hybridized carbons (Fsp3) is 0.227. The molecule has 0 radical (unpaired) electrons. The summed E-state index contributed by atoms with van der Waals surface area (Å²) in [7, 11) is 3.22. The molecule has 0 saturated heterocycles. The first-order valence-corrected chi connectivity index (χ1v) is 10.2. The van der Waals surface area contributed by atoms with Crippen LogP contribution in [0.4, 0.5) is 5.82 Å². The van der Waals surface area contributed by atoms with E-state index in [2.05, 4.69) is 39.3 Å². The molecule has 0 amide bonds. The Hall–Kier alpha value is -3.39. The van der Waals surface area contributed by atoms with E-state index in [1.165, 1.54) is 0 Å². The van der Waals surface area contributed by atoms with Crippen molar-refractivity contribution in [2.75, 3.05) is 19.5 Å². The van der Waals surface area contributed by atoms with E-state index in [0.717, 1.165) is 32.0 Å². The van der Waals surface area contributed by atoms with Crippen LogP contribution in [0.1, 0.15) is 23.7 Å². The lowest BCUT2D eigenvalue weighted by atomic mass is 10.2. The molecule has 0 bridgehead atoms. The van der Waals surface area contributed by atoms with Gasteiger partial charge in [0.2, 0.25) is 5.88 Å². The summed E-state index contributed by atoms with van der Waals surface area (Å²) in [5.41, 5.74) is 1.76. The number of aryl methyl sites for hydroxylation is 1. The molecule has 0 aliphatic carbocycles. The molecule has 30 heavy (non-hydrogen) atoms. The third-order valence-corrected chi connectivity index (χ3v) is 6.07. The maximum atomic E-state index is 9.39. The molecule has 0 aliphatic heterocycles. The van der Waals surface area contributed by atoms with Crippen LogP contribution in [0.25, 0.3) is 21.3 Å². The smallest absolute Gasteiger partial charge is 0.210 e. The molecule has 2 N–H and O–H groups in total. The van der Waals surface area contributed by atoms with Crippen LogP contribution in [-0.4, -0.2) is 34.3 Å². The molecule has 0 fully saturated rings. The molecule has 1 unspecified atom stereocenters. The second kappa shape index (κ2) is 8.16. The molecule has 4 aromatic rings. The first-order chi connectivity index (χ1) is 14.5. The molecule has 7 nitrogen and oxygen atoms in total. The number of ether oxygens (including phenoxy) is 2. The summed E-state index contributed by atoms with van der Waals surface area (Å²) in [6.45, 7) is 3.96. The summed E-state index contributed by atoms with van der Waals surface area (Å²) in [6.07, 6.45) is 1.67. The van der Waals surface area contributed by atoms with Gasteiger partial charge in [-0.3, -0.25) is 0 Å². The van der Waals surface area contributed by atoms with Crippen molar-refractivity contribution in [3.63, 3.8) is 0 Å².